The van der Waals surface area contributed by atoms with E-state index in [1.54, 1.807) is 0 Å². The molecule has 0 bridgehead atoms. The van der Waals surface area contributed by atoms with E-state index in [2.05, 4.69) is 14.9 Å². The average molecular weight is 209 g/mol. The van der Waals surface area contributed by atoms with E-state index in [4.69, 9.17) is 0 Å². The highest BCUT2D eigenvalue weighted by molar-refractivity contribution is 5.58. The van der Waals surface area contributed by atoms with Crippen molar-refractivity contribution >= 4 is 0 Å². The van der Waals surface area contributed by atoms with Crippen LogP contribution in [0.2, 0.25) is 0 Å². The Bertz CT molecular complexity index is 543. The molecule has 1 aliphatic rings. The van der Waals surface area contributed by atoms with Gasteiger partial charge in [-0.3, -0.25) is 4.63 Å². The van der Waals surface area contributed by atoms with Crippen molar-refractivity contribution in [3.8, 4) is 11.4 Å². The molecule has 0 aliphatic heterocycles. The predicted octanol–water partition coefficient (Wildman–Crippen LogP) is -1.56. The van der Waals surface area contributed by atoms with E-state index < -0.39 is 0 Å². The van der Waals surface area contributed by atoms with Crippen LogP contribution in [0.4, 0.5) is 0 Å². The van der Waals surface area contributed by atoms with Crippen molar-refractivity contribution < 1.29 is 14.4 Å². The lowest BCUT2D eigenvalue weighted by Crippen LogP contribution is -2.40. The molecule has 0 spiro atoms. The maximum Gasteiger partial charge on any atom is 0.302 e. The van der Waals surface area contributed by atoms with Gasteiger partial charge in [-0.25, -0.2) is 0 Å². The Labute approximate surface area is 83.4 Å². The quantitative estimate of drug-likeness (QED) is 0.386. The molecule has 0 saturated heterocycles. The molecule has 2 heterocycles. The maximum atomic E-state index is 11.5. The Morgan fingerprint density at radius 3 is 2.80 bits per heavy atom. The molecule has 0 aromatic carbocycles. The van der Waals surface area contributed by atoms with Crippen molar-refractivity contribution in [1.82, 2.24) is 15.1 Å². The van der Waals surface area contributed by atoms with E-state index in [1.165, 1.54) is 11.8 Å². The summed E-state index contributed by atoms with van der Waals surface area (Å²) in [7, 11) is 1.54. The van der Waals surface area contributed by atoms with Crippen LogP contribution >= 0.6 is 0 Å². The topological polar surface area (TPSA) is 97.7 Å². The molecule has 0 unspecified atom stereocenters. The average Bonchev–Trinajstić information content (AvgIpc) is 2.72. The molecule has 8 heteroatoms. The van der Waals surface area contributed by atoms with Gasteiger partial charge >= 0.3 is 11.4 Å². The van der Waals surface area contributed by atoms with Crippen LogP contribution in [0.5, 0.6) is 0 Å². The molecule has 1 aliphatic carbocycles. The molecule has 0 atom stereocenters. The minimum atomic E-state index is 0.363. The second-order valence-corrected chi connectivity index (χ2v) is 3.38. The van der Waals surface area contributed by atoms with Crippen molar-refractivity contribution in [2.75, 3.05) is 0 Å². The van der Waals surface area contributed by atoms with Gasteiger partial charge in [-0.05, 0) is 9.70 Å². The molecule has 8 nitrogen and oxygen atoms in total. The Morgan fingerprint density at radius 1 is 1.27 bits per heavy atom. The first-order valence-corrected chi connectivity index (χ1v) is 4.43. The van der Waals surface area contributed by atoms with Gasteiger partial charge in [-0.2, -0.15) is 4.85 Å². The van der Waals surface area contributed by atoms with Gasteiger partial charge in [0, 0.05) is 12.8 Å². The molecule has 0 fully saturated rings. The minimum Gasteiger partial charge on any atom is -0.692 e. The van der Waals surface area contributed by atoms with Gasteiger partial charge < -0.3 is 10.4 Å². The first kappa shape index (κ1) is 8.21. The van der Waals surface area contributed by atoms with Crippen LogP contribution in [-0.4, -0.2) is 15.1 Å². The summed E-state index contributed by atoms with van der Waals surface area (Å²) in [5.74, 6) is 0. The smallest absolute Gasteiger partial charge is 0.302 e. The van der Waals surface area contributed by atoms with Crippen molar-refractivity contribution in [2.24, 2.45) is 7.05 Å². The van der Waals surface area contributed by atoms with E-state index in [0.717, 1.165) is 0 Å². The van der Waals surface area contributed by atoms with E-state index in [9.17, 15) is 10.4 Å². The number of hydrogen-bond donors (Lipinski definition) is 0. The SMILES string of the molecule is Cn1nc2c([n+]1[O-])CCc1c-2no[n+]1[O-]. The van der Waals surface area contributed by atoms with E-state index in [-0.39, 0.29) is 0 Å². The molecule has 0 saturated carbocycles. The lowest BCUT2D eigenvalue weighted by molar-refractivity contribution is -0.808. The first-order valence-electron chi connectivity index (χ1n) is 4.43. The van der Waals surface area contributed by atoms with Gasteiger partial charge in [0.05, 0.1) is 17.3 Å². The maximum absolute atomic E-state index is 11.5. The fourth-order valence-corrected chi connectivity index (χ4v) is 1.80. The molecule has 0 N–H and O–H groups in total. The van der Waals surface area contributed by atoms with E-state index >= 15 is 0 Å². The summed E-state index contributed by atoms with van der Waals surface area (Å²) in [4.78, 5) is 2.23. The van der Waals surface area contributed by atoms with Gasteiger partial charge in [0.15, 0.2) is 5.69 Å². The first-order chi connectivity index (χ1) is 7.18. The number of rotatable bonds is 0. The Morgan fingerprint density at radius 2 is 2.00 bits per heavy atom. The van der Waals surface area contributed by atoms with Crippen molar-refractivity contribution in [3.63, 3.8) is 0 Å². The van der Waals surface area contributed by atoms with E-state index in [0.29, 0.717) is 45.4 Å². The van der Waals surface area contributed by atoms with Crippen molar-refractivity contribution in [2.45, 2.75) is 12.8 Å². The Kier molecular flexibility index (Phi) is 1.35. The number of aryl methyl sites for hydroxylation is 1. The van der Waals surface area contributed by atoms with Crippen molar-refractivity contribution in [3.05, 3.63) is 21.8 Å². The van der Waals surface area contributed by atoms with Gasteiger partial charge in [0.1, 0.15) is 0 Å². The zero-order chi connectivity index (χ0) is 10.6. The summed E-state index contributed by atoms with van der Waals surface area (Å²) in [5, 5.41) is 30.2. The van der Waals surface area contributed by atoms with Crippen LogP contribution in [-0.2, 0) is 19.9 Å². The lowest BCUT2D eigenvalue weighted by atomic mass is 10.0. The monoisotopic (exact) mass is 209 g/mol. The third kappa shape index (κ3) is 0.901. The number of hydrogen-bond acceptors (Lipinski definition) is 5. The zero-order valence-corrected chi connectivity index (χ0v) is 7.88. The summed E-state index contributed by atoms with van der Waals surface area (Å²) >= 11 is 0. The van der Waals surface area contributed by atoms with Crippen LogP contribution in [0.3, 0.4) is 0 Å². The summed E-state index contributed by atoms with van der Waals surface area (Å²) in [6.45, 7) is 0. The molecule has 0 radical (unpaired) electrons. The molecular weight excluding hydrogens is 202 g/mol. The lowest BCUT2D eigenvalue weighted by Gasteiger charge is -2.05. The second kappa shape index (κ2) is 2.47. The molecular formula is C7H7N5O3. The summed E-state index contributed by atoms with van der Waals surface area (Å²) in [5.41, 5.74) is 1.77. The van der Waals surface area contributed by atoms with Gasteiger partial charge in [-0.1, -0.05) is 0 Å². The second-order valence-electron chi connectivity index (χ2n) is 3.38. The minimum absolute atomic E-state index is 0.363. The third-order valence-corrected chi connectivity index (χ3v) is 2.53. The van der Waals surface area contributed by atoms with Gasteiger partial charge in [0.25, 0.3) is 0 Å². The number of fused-ring (bicyclic) bond motifs is 3. The normalized spacial score (nSPS) is 13.7. The molecule has 2 aromatic rings. The zero-order valence-electron chi connectivity index (χ0n) is 7.88. The van der Waals surface area contributed by atoms with Crippen LogP contribution in [0, 0.1) is 10.4 Å². The summed E-state index contributed by atoms with van der Waals surface area (Å²) < 4.78 is 4.47. The third-order valence-electron chi connectivity index (χ3n) is 2.53. The standard InChI is InChI=1S/C7H7N5O3/c1-10-8-6-4(11(10)13)2-3-5-7(6)9-15-12(5)14/h2-3H2,1H3. The van der Waals surface area contributed by atoms with Crippen LogP contribution in [0.15, 0.2) is 4.63 Å². The molecule has 78 valence electrons. The van der Waals surface area contributed by atoms with Crippen molar-refractivity contribution in [1.29, 1.82) is 0 Å². The van der Waals surface area contributed by atoms with Crippen LogP contribution in [0.1, 0.15) is 11.4 Å². The Hall–Kier alpha value is -2.12. The largest absolute Gasteiger partial charge is 0.692 e. The van der Waals surface area contributed by atoms with Crippen LogP contribution in [0.25, 0.3) is 11.4 Å². The molecule has 0 amide bonds. The Balaban J connectivity index is 2.30. The number of aromatic nitrogens is 5. The summed E-state index contributed by atoms with van der Waals surface area (Å²) in [6, 6.07) is 0. The predicted molar refractivity (Wildman–Crippen MR) is 44.0 cm³/mol. The van der Waals surface area contributed by atoms with Gasteiger partial charge in [-0.15, -0.1) is 0 Å². The molecule has 2 aromatic heterocycles. The fraction of sp³-hybridized carbons (Fsp3) is 0.429. The summed E-state index contributed by atoms with van der Waals surface area (Å²) in [6.07, 6.45) is 0.923. The highest BCUT2D eigenvalue weighted by atomic mass is 16.8. The highest BCUT2D eigenvalue weighted by Crippen LogP contribution is 2.25. The van der Waals surface area contributed by atoms with Gasteiger partial charge in [0.2, 0.25) is 5.69 Å². The molecule has 3 rings (SSSR count). The van der Waals surface area contributed by atoms with E-state index in [1.807, 2.05) is 0 Å². The number of nitrogens with zero attached hydrogens (tertiary/aromatic N) is 5. The molecule has 15 heavy (non-hydrogen) atoms. The van der Waals surface area contributed by atoms with Crippen LogP contribution < -0.4 is 9.75 Å². The highest BCUT2D eigenvalue weighted by Gasteiger charge is 2.37. The fourth-order valence-electron chi connectivity index (χ4n) is 1.80.